The summed E-state index contributed by atoms with van der Waals surface area (Å²) in [4.78, 5) is 21.7. The highest BCUT2D eigenvalue weighted by Crippen LogP contribution is 2.17. The molecule has 0 spiro atoms. The van der Waals surface area contributed by atoms with E-state index in [4.69, 9.17) is 5.26 Å². The molecule has 0 amide bonds. The molecular weight excluding hydrogens is 178 g/mol. The van der Waals surface area contributed by atoms with Crippen LogP contribution in [0, 0.1) is 18.3 Å². The average molecular weight is 187 g/mol. The number of carbonyl (C=O) groups is 2. The molecule has 70 valence electrons. The first kappa shape index (κ1) is 10.1. The summed E-state index contributed by atoms with van der Waals surface area (Å²) in [6.45, 7) is 3.06. The van der Waals surface area contributed by atoms with Gasteiger partial charge in [-0.3, -0.25) is 9.59 Å². The molecule has 1 aromatic carbocycles. The van der Waals surface area contributed by atoms with Gasteiger partial charge in [0.25, 0.3) is 0 Å². The quantitative estimate of drug-likeness (QED) is 0.524. The second-order valence-corrected chi connectivity index (χ2v) is 2.99. The highest BCUT2D eigenvalue weighted by Gasteiger charge is 2.11. The van der Waals surface area contributed by atoms with E-state index in [-0.39, 0.29) is 5.78 Å². The Morgan fingerprint density at radius 2 is 2.14 bits per heavy atom. The molecule has 0 atom stereocenters. The predicted octanol–water partition coefficient (Wildman–Crippen LogP) is 1.88. The second kappa shape index (κ2) is 3.84. The highest BCUT2D eigenvalue weighted by molar-refractivity contribution is 5.98. The minimum atomic E-state index is -0.165. The van der Waals surface area contributed by atoms with Crippen LogP contribution < -0.4 is 0 Å². The number of carbonyl (C=O) groups excluding carboxylic acids is 2. The number of hydrogen-bond acceptors (Lipinski definition) is 3. The van der Waals surface area contributed by atoms with Crippen LogP contribution >= 0.6 is 0 Å². The van der Waals surface area contributed by atoms with Gasteiger partial charge in [-0.2, -0.15) is 5.26 Å². The first-order valence-corrected chi connectivity index (χ1v) is 4.11. The van der Waals surface area contributed by atoms with Crippen molar-refractivity contribution in [3.63, 3.8) is 0 Å². The summed E-state index contributed by atoms with van der Waals surface area (Å²) in [5.41, 5.74) is 1.68. The van der Waals surface area contributed by atoms with Gasteiger partial charge in [0.1, 0.15) is 12.4 Å². The number of nitrogens with zero attached hydrogens (tertiary/aromatic N) is 1. The van der Waals surface area contributed by atoms with Crippen molar-refractivity contribution in [3.05, 3.63) is 34.4 Å². The fourth-order valence-electron chi connectivity index (χ4n) is 1.29. The lowest BCUT2D eigenvalue weighted by Gasteiger charge is -2.04. The Kier molecular flexibility index (Phi) is 2.78. The number of benzene rings is 1. The van der Waals surface area contributed by atoms with Crippen molar-refractivity contribution in [2.45, 2.75) is 13.8 Å². The molecule has 0 bridgehead atoms. The van der Waals surface area contributed by atoms with Crippen molar-refractivity contribution < 1.29 is 9.59 Å². The molecular formula is C11H9NO2. The van der Waals surface area contributed by atoms with Crippen LogP contribution in [0.3, 0.4) is 0 Å². The van der Waals surface area contributed by atoms with Crippen molar-refractivity contribution in [3.8, 4) is 6.07 Å². The van der Waals surface area contributed by atoms with E-state index in [1.807, 2.05) is 6.07 Å². The van der Waals surface area contributed by atoms with Gasteiger partial charge in [0.05, 0.1) is 5.56 Å². The maximum absolute atomic E-state index is 11.1. The number of aldehydes is 1. The summed E-state index contributed by atoms with van der Waals surface area (Å²) in [6.07, 6.45) is 0.681. The molecule has 0 fully saturated rings. The molecule has 0 N–H and O–H groups in total. The molecule has 0 aliphatic carbocycles. The van der Waals surface area contributed by atoms with Crippen LogP contribution in [0.25, 0.3) is 0 Å². The van der Waals surface area contributed by atoms with E-state index in [0.29, 0.717) is 28.5 Å². The molecule has 0 aromatic heterocycles. The third-order valence-electron chi connectivity index (χ3n) is 2.12. The number of ketones is 1. The summed E-state index contributed by atoms with van der Waals surface area (Å²) in [6, 6.07) is 5.01. The maximum atomic E-state index is 11.1. The van der Waals surface area contributed by atoms with Gasteiger partial charge in [0.15, 0.2) is 5.78 Å². The van der Waals surface area contributed by atoms with Crippen molar-refractivity contribution >= 4 is 12.1 Å². The van der Waals surface area contributed by atoms with Crippen LogP contribution in [0.15, 0.2) is 12.1 Å². The molecule has 0 saturated heterocycles. The fraction of sp³-hybridized carbons (Fsp3) is 0.182. The predicted molar refractivity (Wildman–Crippen MR) is 51.3 cm³/mol. The largest absolute Gasteiger partial charge is 0.298 e. The van der Waals surface area contributed by atoms with Crippen LogP contribution in [-0.4, -0.2) is 12.1 Å². The Morgan fingerprint density at radius 1 is 1.50 bits per heavy atom. The Morgan fingerprint density at radius 3 is 2.57 bits per heavy atom. The van der Waals surface area contributed by atoms with Gasteiger partial charge in [-0.15, -0.1) is 0 Å². The Labute approximate surface area is 82.0 Å². The Hall–Kier alpha value is -1.95. The lowest BCUT2D eigenvalue weighted by atomic mass is 9.96. The van der Waals surface area contributed by atoms with Crippen LogP contribution in [0.5, 0.6) is 0 Å². The van der Waals surface area contributed by atoms with Crippen molar-refractivity contribution in [2.75, 3.05) is 0 Å². The van der Waals surface area contributed by atoms with Gasteiger partial charge >= 0.3 is 0 Å². The van der Waals surface area contributed by atoms with Gasteiger partial charge in [-0.05, 0) is 25.5 Å². The number of hydrogen-bond donors (Lipinski definition) is 0. The Balaban J connectivity index is 3.53. The van der Waals surface area contributed by atoms with E-state index in [9.17, 15) is 9.59 Å². The first-order chi connectivity index (χ1) is 6.61. The molecule has 0 heterocycles. The van der Waals surface area contributed by atoms with Crippen molar-refractivity contribution in [2.24, 2.45) is 0 Å². The van der Waals surface area contributed by atoms with Gasteiger partial charge in [0.2, 0.25) is 0 Å². The fourth-order valence-corrected chi connectivity index (χ4v) is 1.29. The normalized spacial score (nSPS) is 9.21. The zero-order valence-corrected chi connectivity index (χ0v) is 8.00. The molecule has 0 aliphatic rings. The second-order valence-electron chi connectivity index (χ2n) is 2.99. The summed E-state index contributed by atoms with van der Waals surface area (Å²) >= 11 is 0. The van der Waals surface area contributed by atoms with Gasteiger partial charge in [-0.1, -0.05) is 6.07 Å². The molecule has 1 rings (SSSR count). The average Bonchev–Trinajstić information content (AvgIpc) is 2.17. The lowest BCUT2D eigenvalue weighted by Crippen LogP contribution is -2.01. The minimum Gasteiger partial charge on any atom is -0.298 e. The molecule has 3 heteroatoms. The topological polar surface area (TPSA) is 57.9 Å². The maximum Gasteiger partial charge on any atom is 0.161 e. The number of rotatable bonds is 2. The summed E-state index contributed by atoms with van der Waals surface area (Å²) in [5.74, 6) is -0.165. The van der Waals surface area contributed by atoms with E-state index in [0.717, 1.165) is 0 Å². The van der Waals surface area contributed by atoms with Crippen LogP contribution in [0.2, 0.25) is 0 Å². The SMILES string of the molecule is CC(=O)c1ccc(C=O)c(C)c1C#N. The molecule has 14 heavy (non-hydrogen) atoms. The van der Waals surface area contributed by atoms with Crippen LogP contribution in [-0.2, 0) is 0 Å². The summed E-state index contributed by atoms with van der Waals surface area (Å²) < 4.78 is 0. The van der Waals surface area contributed by atoms with Crippen molar-refractivity contribution in [1.29, 1.82) is 5.26 Å². The molecule has 3 nitrogen and oxygen atoms in total. The first-order valence-electron chi connectivity index (χ1n) is 4.11. The monoisotopic (exact) mass is 187 g/mol. The molecule has 0 radical (unpaired) electrons. The number of Topliss-reactive ketones (excluding diaryl/α,β-unsaturated/α-hetero) is 1. The zero-order chi connectivity index (χ0) is 10.7. The minimum absolute atomic E-state index is 0.165. The van der Waals surface area contributed by atoms with Crippen molar-refractivity contribution in [1.82, 2.24) is 0 Å². The van der Waals surface area contributed by atoms with E-state index in [1.165, 1.54) is 13.0 Å². The van der Waals surface area contributed by atoms with Gasteiger partial charge in [0, 0.05) is 11.1 Å². The third-order valence-corrected chi connectivity index (χ3v) is 2.12. The van der Waals surface area contributed by atoms with Crippen LogP contribution in [0.4, 0.5) is 0 Å². The highest BCUT2D eigenvalue weighted by atomic mass is 16.1. The van der Waals surface area contributed by atoms with E-state index in [2.05, 4.69) is 0 Å². The lowest BCUT2D eigenvalue weighted by molar-refractivity contribution is 0.101. The van der Waals surface area contributed by atoms with E-state index >= 15 is 0 Å². The Bertz CT molecular complexity index is 441. The summed E-state index contributed by atoms with van der Waals surface area (Å²) in [7, 11) is 0. The van der Waals surface area contributed by atoms with E-state index in [1.54, 1.807) is 13.0 Å². The number of nitriles is 1. The molecule has 0 saturated carbocycles. The zero-order valence-electron chi connectivity index (χ0n) is 8.00. The molecule has 0 aliphatic heterocycles. The van der Waals surface area contributed by atoms with E-state index < -0.39 is 0 Å². The third kappa shape index (κ3) is 1.55. The standard InChI is InChI=1S/C11H9NO2/c1-7-9(6-13)3-4-10(8(2)14)11(7)5-12/h3-4,6H,1-2H3. The van der Waals surface area contributed by atoms with Gasteiger partial charge < -0.3 is 0 Å². The summed E-state index contributed by atoms with van der Waals surface area (Å²) in [5, 5.41) is 8.85. The smallest absolute Gasteiger partial charge is 0.161 e. The van der Waals surface area contributed by atoms with Gasteiger partial charge in [-0.25, -0.2) is 0 Å². The van der Waals surface area contributed by atoms with Crippen LogP contribution in [0.1, 0.15) is 38.8 Å². The molecule has 0 unspecified atom stereocenters. The molecule has 1 aromatic rings.